The maximum atomic E-state index is 12.2. The van der Waals surface area contributed by atoms with Gasteiger partial charge < -0.3 is 10.4 Å². The van der Waals surface area contributed by atoms with Gasteiger partial charge in [-0.2, -0.15) is 0 Å². The summed E-state index contributed by atoms with van der Waals surface area (Å²) >= 11 is 12.0. The van der Waals surface area contributed by atoms with E-state index in [1.807, 2.05) is 0 Å². The summed E-state index contributed by atoms with van der Waals surface area (Å²) in [5.41, 5.74) is 0.858. The van der Waals surface area contributed by atoms with E-state index < -0.39 is 11.6 Å². The second kappa shape index (κ2) is 12.0. The van der Waals surface area contributed by atoms with Gasteiger partial charge in [-0.15, -0.1) is 0 Å². The van der Waals surface area contributed by atoms with Gasteiger partial charge >= 0.3 is 0 Å². The second-order valence-electron chi connectivity index (χ2n) is 7.41. The fourth-order valence-corrected chi connectivity index (χ4v) is 3.82. The van der Waals surface area contributed by atoms with E-state index in [1.54, 1.807) is 18.2 Å². The van der Waals surface area contributed by atoms with E-state index in [4.69, 9.17) is 23.2 Å². The van der Waals surface area contributed by atoms with Crippen LogP contribution in [0.15, 0.2) is 41.3 Å². The molecule has 158 valence electrons. The van der Waals surface area contributed by atoms with E-state index in [2.05, 4.69) is 12.2 Å². The van der Waals surface area contributed by atoms with E-state index in [0.29, 0.717) is 22.2 Å². The monoisotopic (exact) mass is 437 g/mol. The summed E-state index contributed by atoms with van der Waals surface area (Å²) in [6, 6.07) is 4.86. The molecule has 2 N–H and O–H groups in total. The highest BCUT2D eigenvalue weighted by atomic mass is 35.5. The van der Waals surface area contributed by atoms with Crippen molar-refractivity contribution in [1.29, 1.82) is 0 Å². The van der Waals surface area contributed by atoms with Crippen molar-refractivity contribution in [2.75, 3.05) is 5.32 Å². The highest BCUT2D eigenvalue weighted by Gasteiger charge is 2.28. The van der Waals surface area contributed by atoms with Crippen LogP contribution < -0.4 is 5.32 Å². The van der Waals surface area contributed by atoms with Crippen molar-refractivity contribution in [1.82, 2.24) is 0 Å². The number of allylic oxidation sites excluding steroid dienone is 2. The van der Waals surface area contributed by atoms with Crippen molar-refractivity contribution in [3.05, 3.63) is 51.3 Å². The molecule has 0 amide bonds. The Kier molecular flexibility index (Phi) is 9.75. The lowest BCUT2D eigenvalue weighted by molar-refractivity contribution is -0.132. The standard InChI is InChI=1S/C23H29Cl2NO3/c1-2-3-4-5-6-7-8-9-10-11-17-22(28)20(15-21(27)23(17)29)26-19-13-12-16(24)14-18(19)25/h12-15,26,28H,2-11H2,1H3. The van der Waals surface area contributed by atoms with Crippen LogP contribution in [-0.4, -0.2) is 16.7 Å². The van der Waals surface area contributed by atoms with Gasteiger partial charge in [-0.3, -0.25) is 9.59 Å². The number of ketones is 2. The lowest BCUT2D eigenvalue weighted by Crippen LogP contribution is -2.24. The summed E-state index contributed by atoms with van der Waals surface area (Å²) < 4.78 is 0. The first-order valence-electron chi connectivity index (χ1n) is 10.4. The number of carbonyl (C=O) groups excluding carboxylic acids is 2. The van der Waals surface area contributed by atoms with Crippen molar-refractivity contribution in [3.63, 3.8) is 0 Å². The summed E-state index contributed by atoms with van der Waals surface area (Å²) in [7, 11) is 0. The molecular weight excluding hydrogens is 409 g/mol. The minimum Gasteiger partial charge on any atom is -0.505 e. The summed E-state index contributed by atoms with van der Waals surface area (Å²) in [5.74, 6) is -1.45. The molecule has 0 fully saturated rings. The Morgan fingerprint density at radius 2 is 1.55 bits per heavy atom. The van der Waals surface area contributed by atoms with Crippen LogP contribution in [0.1, 0.15) is 71.1 Å². The van der Waals surface area contributed by atoms with E-state index >= 15 is 0 Å². The van der Waals surface area contributed by atoms with Crippen molar-refractivity contribution in [2.24, 2.45) is 0 Å². The molecule has 0 heterocycles. The number of Topliss-reactive ketones (excluding diaryl/α,β-unsaturated/α-hetero) is 1. The Labute approximate surface area is 183 Å². The maximum absolute atomic E-state index is 12.2. The Balaban J connectivity index is 1.90. The molecule has 1 aromatic carbocycles. The second-order valence-corrected chi connectivity index (χ2v) is 8.25. The SMILES string of the molecule is CCCCCCCCCCCC1=C(O)C(Nc2ccc(Cl)cc2Cl)=CC(=O)C1=O. The molecule has 0 aliphatic heterocycles. The molecule has 0 bridgehead atoms. The molecule has 0 spiro atoms. The number of benzene rings is 1. The summed E-state index contributed by atoms with van der Waals surface area (Å²) in [6.45, 7) is 2.21. The van der Waals surface area contributed by atoms with Crippen molar-refractivity contribution in [3.8, 4) is 0 Å². The minimum absolute atomic E-state index is 0.174. The molecular formula is C23H29Cl2NO3. The molecule has 0 aromatic heterocycles. The molecule has 0 radical (unpaired) electrons. The van der Waals surface area contributed by atoms with Crippen molar-refractivity contribution in [2.45, 2.75) is 71.1 Å². The van der Waals surface area contributed by atoms with Gasteiger partial charge in [-0.1, -0.05) is 81.5 Å². The molecule has 2 rings (SSSR count). The molecule has 29 heavy (non-hydrogen) atoms. The Morgan fingerprint density at radius 3 is 2.17 bits per heavy atom. The molecule has 0 unspecified atom stereocenters. The third kappa shape index (κ3) is 7.20. The molecule has 1 aromatic rings. The molecule has 0 saturated heterocycles. The number of anilines is 1. The molecule has 1 aliphatic carbocycles. The van der Waals surface area contributed by atoms with Crippen LogP contribution in [0.3, 0.4) is 0 Å². The maximum Gasteiger partial charge on any atom is 0.232 e. The average Bonchev–Trinajstić information content (AvgIpc) is 2.69. The third-order valence-corrected chi connectivity index (χ3v) is 5.59. The zero-order valence-corrected chi connectivity index (χ0v) is 18.4. The van der Waals surface area contributed by atoms with Gasteiger partial charge in [0.15, 0.2) is 0 Å². The van der Waals surface area contributed by atoms with Crippen LogP contribution in [0.5, 0.6) is 0 Å². The zero-order valence-electron chi connectivity index (χ0n) is 16.9. The van der Waals surface area contributed by atoms with Gasteiger partial charge in [-0.25, -0.2) is 0 Å². The number of halogens is 2. The molecule has 6 heteroatoms. The third-order valence-electron chi connectivity index (χ3n) is 5.05. The van der Waals surface area contributed by atoms with E-state index in [1.165, 1.54) is 38.5 Å². The topological polar surface area (TPSA) is 66.4 Å². The Hall–Kier alpha value is -1.78. The number of aliphatic hydroxyl groups excluding tert-OH is 1. The number of carbonyl (C=O) groups is 2. The normalized spacial score (nSPS) is 14.4. The number of rotatable bonds is 12. The van der Waals surface area contributed by atoms with Crippen molar-refractivity contribution >= 4 is 40.5 Å². The van der Waals surface area contributed by atoms with Gasteiger partial charge in [0.1, 0.15) is 5.76 Å². The van der Waals surface area contributed by atoms with Gasteiger partial charge in [-0.05, 0) is 31.0 Å². The zero-order chi connectivity index (χ0) is 21.2. The van der Waals surface area contributed by atoms with E-state index in [9.17, 15) is 14.7 Å². The molecule has 0 saturated carbocycles. The highest BCUT2D eigenvalue weighted by Crippen LogP contribution is 2.30. The van der Waals surface area contributed by atoms with Crippen LogP contribution in [0.4, 0.5) is 5.69 Å². The first kappa shape index (κ1) is 23.5. The Bertz CT molecular complexity index is 799. The highest BCUT2D eigenvalue weighted by molar-refractivity contribution is 6.48. The molecule has 1 aliphatic rings. The van der Waals surface area contributed by atoms with Gasteiger partial charge in [0.2, 0.25) is 11.6 Å². The lowest BCUT2D eigenvalue weighted by atomic mass is 9.93. The fourth-order valence-electron chi connectivity index (χ4n) is 3.36. The quantitative estimate of drug-likeness (QED) is 0.206. The predicted octanol–water partition coefficient (Wildman–Crippen LogP) is 7.17. The number of hydrogen-bond acceptors (Lipinski definition) is 4. The number of hydrogen-bond donors (Lipinski definition) is 2. The van der Waals surface area contributed by atoms with Gasteiger partial charge in [0, 0.05) is 16.7 Å². The van der Waals surface area contributed by atoms with Crippen LogP contribution in [-0.2, 0) is 9.59 Å². The number of nitrogens with one attached hydrogen (secondary N) is 1. The summed E-state index contributed by atoms with van der Waals surface area (Å²) in [4.78, 5) is 24.3. The smallest absolute Gasteiger partial charge is 0.232 e. The first-order valence-corrected chi connectivity index (χ1v) is 11.1. The summed E-state index contributed by atoms with van der Waals surface area (Å²) in [5, 5.41) is 14.3. The first-order chi connectivity index (χ1) is 13.9. The van der Waals surface area contributed by atoms with Gasteiger partial charge in [0.25, 0.3) is 0 Å². The van der Waals surface area contributed by atoms with E-state index in [-0.39, 0.29) is 17.0 Å². The molecule has 0 atom stereocenters. The van der Waals surface area contributed by atoms with Crippen LogP contribution in [0.2, 0.25) is 10.0 Å². The lowest BCUT2D eigenvalue weighted by Gasteiger charge is -2.18. The number of aliphatic hydroxyl groups is 1. The summed E-state index contributed by atoms with van der Waals surface area (Å²) in [6.07, 6.45) is 11.9. The Morgan fingerprint density at radius 1 is 0.931 bits per heavy atom. The fraction of sp³-hybridized carbons (Fsp3) is 0.478. The average molecular weight is 438 g/mol. The van der Waals surface area contributed by atoms with Crippen LogP contribution in [0.25, 0.3) is 0 Å². The van der Waals surface area contributed by atoms with Gasteiger partial charge in [0.05, 0.1) is 16.4 Å². The van der Waals surface area contributed by atoms with Crippen LogP contribution in [0, 0.1) is 0 Å². The minimum atomic E-state index is -0.638. The largest absolute Gasteiger partial charge is 0.505 e. The van der Waals surface area contributed by atoms with E-state index in [0.717, 1.165) is 25.3 Å². The van der Waals surface area contributed by atoms with Crippen molar-refractivity contribution < 1.29 is 14.7 Å². The van der Waals surface area contributed by atoms with Crippen LogP contribution >= 0.6 is 23.2 Å². The number of unbranched alkanes of at least 4 members (excludes halogenated alkanes) is 8. The molecule has 4 nitrogen and oxygen atoms in total. The predicted molar refractivity (Wildman–Crippen MR) is 120 cm³/mol.